The van der Waals surface area contributed by atoms with Crippen LogP contribution in [0.15, 0.2) is 0 Å². The van der Waals surface area contributed by atoms with Gasteiger partial charge in [-0.15, -0.1) is 0 Å². The second-order valence-electron chi connectivity index (χ2n) is 5.14. The SMILES string of the molecule is C[C@H]1CN(C(=O)OC(C)(C)C)CC(CO)O1. The van der Waals surface area contributed by atoms with Crippen LogP contribution < -0.4 is 0 Å². The maximum Gasteiger partial charge on any atom is 0.410 e. The third-order valence-corrected chi connectivity index (χ3v) is 2.18. The molecule has 1 unspecified atom stereocenters. The average molecular weight is 231 g/mol. The Labute approximate surface area is 96.3 Å². The summed E-state index contributed by atoms with van der Waals surface area (Å²) in [5.74, 6) is 0. The van der Waals surface area contributed by atoms with Gasteiger partial charge in [0.25, 0.3) is 0 Å². The zero-order chi connectivity index (χ0) is 12.3. The molecule has 0 aromatic rings. The number of rotatable bonds is 1. The number of nitrogens with zero attached hydrogens (tertiary/aromatic N) is 1. The van der Waals surface area contributed by atoms with Crippen LogP contribution >= 0.6 is 0 Å². The molecule has 0 saturated carbocycles. The quantitative estimate of drug-likeness (QED) is 0.731. The summed E-state index contributed by atoms with van der Waals surface area (Å²) < 4.78 is 10.7. The van der Waals surface area contributed by atoms with E-state index in [1.807, 2.05) is 27.7 Å². The smallest absolute Gasteiger partial charge is 0.410 e. The summed E-state index contributed by atoms with van der Waals surface area (Å²) in [6.07, 6.45) is -0.726. The highest BCUT2D eigenvalue weighted by atomic mass is 16.6. The van der Waals surface area contributed by atoms with Crippen molar-refractivity contribution in [3.8, 4) is 0 Å². The lowest BCUT2D eigenvalue weighted by molar-refractivity contribution is -0.0956. The Balaban J connectivity index is 2.55. The molecule has 5 heteroatoms. The molecule has 94 valence electrons. The van der Waals surface area contributed by atoms with Crippen molar-refractivity contribution in [2.45, 2.75) is 45.5 Å². The summed E-state index contributed by atoms with van der Waals surface area (Å²) in [7, 11) is 0. The molecule has 2 atom stereocenters. The van der Waals surface area contributed by atoms with E-state index in [2.05, 4.69) is 0 Å². The normalized spacial score (nSPS) is 26.7. The van der Waals surface area contributed by atoms with E-state index in [1.54, 1.807) is 4.90 Å². The molecule has 1 rings (SSSR count). The minimum absolute atomic E-state index is 0.0709. The Morgan fingerprint density at radius 1 is 1.50 bits per heavy atom. The van der Waals surface area contributed by atoms with E-state index in [0.29, 0.717) is 13.1 Å². The fourth-order valence-electron chi connectivity index (χ4n) is 1.62. The van der Waals surface area contributed by atoms with Gasteiger partial charge in [0.1, 0.15) is 5.60 Å². The molecule has 0 radical (unpaired) electrons. The van der Waals surface area contributed by atoms with Gasteiger partial charge in [-0.05, 0) is 27.7 Å². The highest BCUT2D eigenvalue weighted by Crippen LogP contribution is 2.15. The number of morpholine rings is 1. The van der Waals surface area contributed by atoms with Crippen LogP contribution in [0.1, 0.15) is 27.7 Å². The molecule has 1 fully saturated rings. The Morgan fingerprint density at radius 3 is 2.62 bits per heavy atom. The Morgan fingerprint density at radius 2 is 2.12 bits per heavy atom. The molecule has 0 aliphatic carbocycles. The lowest BCUT2D eigenvalue weighted by Gasteiger charge is -2.36. The first-order valence-corrected chi connectivity index (χ1v) is 5.56. The highest BCUT2D eigenvalue weighted by molar-refractivity contribution is 5.68. The number of carbonyl (C=O) groups is 1. The van der Waals surface area contributed by atoms with Crippen LogP contribution in [0.5, 0.6) is 0 Å². The summed E-state index contributed by atoms with van der Waals surface area (Å²) in [6.45, 7) is 8.18. The van der Waals surface area contributed by atoms with Crippen LogP contribution in [0.25, 0.3) is 0 Å². The third-order valence-electron chi connectivity index (χ3n) is 2.18. The summed E-state index contributed by atoms with van der Waals surface area (Å²) >= 11 is 0. The molecule has 0 bridgehead atoms. The molecule has 1 N–H and O–H groups in total. The van der Waals surface area contributed by atoms with Gasteiger partial charge in [-0.3, -0.25) is 0 Å². The Bertz CT molecular complexity index is 249. The minimum Gasteiger partial charge on any atom is -0.444 e. The van der Waals surface area contributed by atoms with Crippen LogP contribution in [0.2, 0.25) is 0 Å². The number of ether oxygens (including phenoxy) is 2. The zero-order valence-electron chi connectivity index (χ0n) is 10.4. The van der Waals surface area contributed by atoms with E-state index in [1.165, 1.54) is 0 Å². The van der Waals surface area contributed by atoms with E-state index in [0.717, 1.165) is 0 Å². The number of aliphatic hydroxyl groups is 1. The molecule has 5 nitrogen and oxygen atoms in total. The fourth-order valence-corrected chi connectivity index (χ4v) is 1.62. The van der Waals surface area contributed by atoms with Crippen molar-refractivity contribution in [1.29, 1.82) is 0 Å². The van der Waals surface area contributed by atoms with Gasteiger partial charge in [-0.25, -0.2) is 4.79 Å². The third kappa shape index (κ3) is 3.98. The molecule has 0 spiro atoms. The molecule has 1 aliphatic heterocycles. The Hall–Kier alpha value is -0.810. The molecular formula is C11H21NO4. The molecule has 0 aromatic heterocycles. The second kappa shape index (κ2) is 5.01. The topological polar surface area (TPSA) is 59.0 Å². The number of hydrogen-bond donors (Lipinski definition) is 1. The van der Waals surface area contributed by atoms with Crippen LogP contribution in [0, 0.1) is 0 Å². The standard InChI is InChI=1S/C11H21NO4/c1-8-5-12(6-9(7-13)15-8)10(14)16-11(2,3)4/h8-9,13H,5-7H2,1-4H3/t8-,9?/m0/s1. The summed E-state index contributed by atoms with van der Waals surface area (Å²) in [5, 5.41) is 9.04. The average Bonchev–Trinajstić information content (AvgIpc) is 2.14. The van der Waals surface area contributed by atoms with Crippen molar-refractivity contribution < 1.29 is 19.4 Å². The molecule has 1 amide bonds. The van der Waals surface area contributed by atoms with Crippen molar-refractivity contribution >= 4 is 6.09 Å². The number of carbonyl (C=O) groups excluding carboxylic acids is 1. The molecule has 1 saturated heterocycles. The van der Waals surface area contributed by atoms with Crippen molar-refractivity contribution in [2.75, 3.05) is 19.7 Å². The van der Waals surface area contributed by atoms with Crippen LogP contribution in [-0.4, -0.2) is 53.6 Å². The van der Waals surface area contributed by atoms with Gasteiger partial charge in [-0.1, -0.05) is 0 Å². The highest BCUT2D eigenvalue weighted by Gasteiger charge is 2.30. The molecule has 1 heterocycles. The van der Waals surface area contributed by atoms with Crippen molar-refractivity contribution in [2.24, 2.45) is 0 Å². The molecule has 16 heavy (non-hydrogen) atoms. The van der Waals surface area contributed by atoms with Gasteiger partial charge in [0.2, 0.25) is 0 Å². The summed E-state index contributed by atoms with van der Waals surface area (Å²) in [4.78, 5) is 13.4. The van der Waals surface area contributed by atoms with E-state index in [-0.39, 0.29) is 24.9 Å². The van der Waals surface area contributed by atoms with Crippen LogP contribution in [0.3, 0.4) is 0 Å². The summed E-state index contributed by atoms with van der Waals surface area (Å²) in [5.41, 5.74) is -0.493. The number of amides is 1. The van der Waals surface area contributed by atoms with E-state index < -0.39 is 5.60 Å². The van der Waals surface area contributed by atoms with Gasteiger partial charge in [-0.2, -0.15) is 0 Å². The predicted molar refractivity (Wildman–Crippen MR) is 59.2 cm³/mol. The zero-order valence-corrected chi connectivity index (χ0v) is 10.4. The van der Waals surface area contributed by atoms with Gasteiger partial charge in [0.15, 0.2) is 0 Å². The lowest BCUT2D eigenvalue weighted by Crippen LogP contribution is -2.51. The van der Waals surface area contributed by atoms with Crippen molar-refractivity contribution in [1.82, 2.24) is 4.90 Å². The van der Waals surface area contributed by atoms with Gasteiger partial charge in [0.05, 0.1) is 31.9 Å². The molecule has 1 aliphatic rings. The van der Waals surface area contributed by atoms with Crippen molar-refractivity contribution in [3.05, 3.63) is 0 Å². The number of aliphatic hydroxyl groups excluding tert-OH is 1. The number of hydrogen-bond acceptors (Lipinski definition) is 4. The van der Waals surface area contributed by atoms with E-state index >= 15 is 0 Å². The first-order chi connectivity index (χ1) is 7.31. The van der Waals surface area contributed by atoms with E-state index in [9.17, 15) is 4.79 Å². The predicted octanol–water partition coefficient (Wildman–Crippen LogP) is 1.00. The lowest BCUT2D eigenvalue weighted by atomic mass is 10.2. The second-order valence-corrected chi connectivity index (χ2v) is 5.14. The first-order valence-electron chi connectivity index (χ1n) is 5.56. The molecule has 0 aromatic carbocycles. The largest absolute Gasteiger partial charge is 0.444 e. The van der Waals surface area contributed by atoms with Gasteiger partial charge < -0.3 is 19.5 Å². The van der Waals surface area contributed by atoms with Crippen LogP contribution in [-0.2, 0) is 9.47 Å². The van der Waals surface area contributed by atoms with E-state index in [4.69, 9.17) is 14.6 Å². The maximum atomic E-state index is 11.8. The van der Waals surface area contributed by atoms with Gasteiger partial charge in [0, 0.05) is 0 Å². The van der Waals surface area contributed by atoms with Gasteiger partial charge >= 0.3 is 6.09 Å². The van der Waals surface area contributed by atoms with Crippen LogP contribution in [0.4, 0.5) is 4.79 Å². The van der Waals surface area contributed by atoms with Crippen molar-refractivity contribution in [3.63, 3.8) is 0 Å². The maximum absolute atomic E-state index is 11.8. The first kappa shape index (κ1) is 13.3. The monoisotopic (exact) mass is 231 g/mol. The minimum atomic E-state index is -0.493. The summed E-state index contributed by atoms with van der Waals surface area (Å²) in [6, 6.07) is 0. The molecular weight excluding hydrogens is 210 g/mol. The fraction of sp³-hybridized carbons (Fsp3) is 0.909. The Kier molecular flexibility index (Phi) is 4.15.